The molecule has 2 N–H and O–H groups in total. The number of nitrogens with zero attached hydrogens (tertiary/aromatic N) is 6. The summed E-state index contributed by atoms with van der Waals surface area (Å²) >= 11 is 0. The average Bonchev–Trinajstić information content (AvgIpc) is 3.17. The minimum absolute atomic E-state index is 0.250. The van der Waals surface area contributed by atoms with Gasteiger partial charge in [0.05, 0.1) is 24.7 Å². The second-order valence-corrected chi connectivity index (χ2v) is 6.90. The van der Waals surface area contributed by atoms with Gasteiger partial charge in [-0.2, -0.15) is 9.61 Å². The first kappa shape index (κ1) is 22.8. The summed E-state index contributed by atoms with van der Waals surface area (Å²) in [7, 11) is 1.64. The van der Waals surface area contributed by atoms with Crippen LogP contribution >= 0.6 is 0 Å². The van der Waals surface area contributed by atoms with Crippen LogP contribution in [0.25, 0.3) is 17.0 Å². The average molecular weight is 435 g/mol. The Hall–Kier alpha value is -3.92. The SMILES string of the molecule is COCCOc1cnc(-c2cccc(Cc3nnc4cc(C)c(C)nn34)c2)nc1.NC=O. The fraction of sp³-hybridized carbons (Fsp3) is 0.273. The normalized spacial score (nSPS) is 10.5. The van der Waals surface area contributed by atoms with Crippen LogP contribution in [0.4, 0.5) is 0 Å². The standard InChI is InChI=1S/C21H22N6O2.CH3NO/c1-14-9-19-24-25-20(27(19)26-15(14)2)11-16-5-4-6-17(10-16)21-22-12-18(13-23-21)29-8-7-28-3;2-1-3/h4-6,9-10,12-13H,7-8,11H2,1-3H3;1H,(H2,2,3). The van der Waals surface area contributed by atoms with E-state index in [1.165, 1.54) is 0 Å². The second kappa shape index (κ2) is 10.9. The first-order chi connectivity index (χ1) is 15.5. The molecule has 10 nitrogen and oxygen atoms in total. The summed E-state index contributed by atoms with van der Waals surface area (Å²) in [5.74, 6) is 2.05. The number of carbonyl (C=O) groups is 1. The molecule has 4 aromatic rings. The van der Waals surface area contributed by atoms with Gasteiger partial charge < -0.3 is 15.2 Å². The molecule has 0 atom stereocenters. The van der Waals surface area contributed by atoms with Gasteiger partial charge in [0.1, 0.15) is 6.61 Å². The molecule has 0 aliphatic heterocycles. The first-order valence-electron chi connectivity index (χ1n) is 9.92. The van der Waals surface area contributed by atoms with E-state index in [2.05, 4.69) is 37.1 Å². The summed E-state index contributed by atoms with van der Waals surface area (Å²) in [6, 6.07) is 10.1. The molecule has 10 heteroatoms. The van der Waals surface area contributed by atoms with Crippen molar-refractivity contribution in [2.45, 2.75) is 20.3 Å². The van der Waals surface area contributed by atoms with E-state index in [4.69, 9.17) is 14.3 Å². The second-order valence-electron chi connectivity index (χ2n) is 6.90. The van der Waals surface area contributed by atoms with Crippen molar-refractivity contribution >= 4 is 12.1 Å². The van der Waals surface area contributed by atoms with Crippen molar-refractivity contribution in [3.05, 3.63) is 65.4 Å². The number of amides is 1. The smallest absolute Gasteiger partial charge is 0.204 e. The number of carbonyl (C=O) groups excluding carboxylic acids is 1. The molecule has 1 amide bonds. The van der Waals surface area contributed by atoms with Gasteiger partial charge in [0.25, 0.3) is 0 Å². The van der Waals surface area contributed by atoms with Gasteiger partial charge in [-0.15, -0.1) is 10.2 Å². The zero-order valence-corrected chi connectivity index (χ0v) is 18.2. The number of primary amides is 1. The van der Waals surface area contributed by atoms with Gasteiger partial charge in [-0.3, -0.25) is 4.79 Å². The highest BCUT2D eigenvalue weighted by Crippen LogP contribution is 2.20. The van der Waals surface area contributed by atoms with Gasteiger partial charge in [-0.05, 0) is 37.1 Å². The maximum absolute atomic E-state index is 8.58. The molecule has 0 radical (unpaired) electrons. The van der Waals surface area contributed by atoms with Crippen LogP contribution in [0, 0.1) is 13.8 Å². The quantitative estimate of drug-likeness (QED) is 0.344. The molecule has 0 fully saturated rings. The van der Waals surface area contributed by atoms with Crippen LogP contribution < -0.4 is 10.5 Å². The molecule has 0 aliphatic carbocycles. The summed E-state index contributed by atoms with van der Waals surface area (Å²) in [5.41, 5.74) is 9.01. The van der Waals surface area contributed by atoms with E-state index < -0.39 is 0 Å². The monoisotopic (exact) mass is 435 g/mol. The van der Waals surface area contributed by atoms with Gasteiger partial charge in [0.2, 0.25) is 6.41 Å². The lowest BCUT2D eigenvalue weighted by Gasteiger charge is -2.07. The van der Waals surface area contributed by atoms with Crippen LogP contribution in [0.5, 0.6) is 5.75 Å². The summed E-state index contributed by atoms with van der Waals surface area (Å²) < 4.78 is 12.3. The first-order valence-corrected chi connectivity index (χ1v) is 9.92. The zero-order chi connectivity index (χ0) is 22.9. The van der Waals surface area contributed by atoms with Crippen molar-refractivity contribution in [3.63, 3.8) is 0 Å². The number of ether oxygens (including phenoxy) is 2. The van der Waals surface area contributed by atoms with Crippen LogP contribution in [0.3, 0.4) is 0 Å². The number of hydrogen-bond acceptors (Lipinski definition) is 8. The van der Waals surface area contributed by atoms with Gasteiger partial charge in [0.15, 0.2) is 23.0 Å². The highest BCUT2D eigenvalue weighted by atomic mass is 16.5. The third-order valence-corrected chi connectivity index (χ3v) is 4.63. The lowest BCUT2D eigenvalue weighted by molar-refractivity contribution is -0.106. The minimum atomic E-state index is 0.250. The fourth-order valence-electron chi connectivity index (χ4n) is 2.95. The predicted octanol–water partition coefficient (Wildman–Crippen LogP) is 1.92. The van der Waals surface area contributed by atoms with E-state index >= 15 is 0 Å². The third-order valence-electron chi connectivity index (χ3n) is 4.63. The summed E-state index contributed by atoms with van der Waals surface area (Å²) in [5, 5.41) is 13.2. The Kier molecular flexibility index (Phi) is 7.76. The fourth-order valence-corrected chi connectivity index (χ4v) is 2.95. The van der Waals surface area contributed by atoms with Gasteiger partial charge in [0, 0.05) is 19.1 Å². The van der Waals surface area contributed by atoms with Crippen LogP contribution in [0.15, 0.2) is 42.7 Å². The minimum Gasteiger partial charge on any atom is -0.488 e. The molecule has 0 unspecified atom stereocenters. The van der Waals surface area contributed by atoms with E-state index in [0.717, 1.165) is 33.9 Å². The Bertz CT molecular complexity index is 1180. The molecular weight excluding hydrogens is 410 g/mol. The topological polar surface area (TPSA) is 130 Å². The number of aromatic nitrogens is 6. The van der Waals surface area contributed by atoms with Crippen LogP contribution in [0.2, 0.25) is 0 Å². The number of nitrogens with two attached hydrogens (primary N) is 1. The number of aryl methyl sites for hydroxylation is 2. The summed E-state index contributed by atoms with van der Waals surface area (Å²) in [6.07, 6.45) is 4.21. The summed E-state index contributed by atoms with van der Waals surface area (Å²) in [6.45, 7) is 5.00. The molecule has 166 valence electrons. The maximum Gasteiger partial charge on any atom is 0.204 e. The van der Waals surface area contributed by atoms with E-state index in [-0.39, 0.29) is 6.41 Å². The molecule has 3 aromatic heterocycles. The Labute approximate surface area is 185 Å². The number of rotatable bonds is 7. The van der Waals surface area contributed by atoms with Crippen molar-refractivity contribution in [2.24, 2.45) is 5.73 Å². The molecule has 3 heterocycles. The van der Waals surface area contributed by atoms with Crippen LogP contribution in [0.1, 0.15) is 22.6 Å². The lowest BCUT2D eigenvalue weighted by Crippen LogP contribution is -2.05. The van der Waals surface area contributed by atoms with Crippen molar-refractivity contribution in [1.82, 2.24) is 29.8 Å². The molecule has 0 bridgehead atoms. The number of methoxy groups -OCH3 is 1. The highest BCUT2D eigenvalue weighted by molar-refractivity contribution is 5.56. The number of hydrogen-bond donors (Lipinski definition) is 1. The molecule has 1 aromatic carbocycles. The van der Waals surface area contributed by atoms with Crippen molar-refractivity contribution < 1.29 is 14.3 Å². The Balaban J connectivity index is 0.000000913. The molecule has 0 saturated carbocycles. The Morgan fingerprint density at radius 2 is 1.84 bits per heavy atom. The molecule has 0 saturated heterocycles. The molecule has 32 heavy (non-hydrogen) atoms. The molecule has 4 rings (SSSR count). The molecular formula is C22H25N7O3. The maximum atomic E-state index is 8.58. The zero-order valence-electron chi connectivity index (χ0n) is 18.2. The van der Waals surface area contributed by atoms with Gasteiger partial charge >= 0.3 is 0 Å². The van der Waals surface area contributed by atoms with Crippen LogP contribution in [-0.2, 0) is 16.0 Å². The van der Waals surface area contributed by atoms with E-state index in [9.17, 15) is 0 Å². The number of benzene rings is 1. The highest BCUT2D eigenvalue weighted by Gasteiger charge is 2.11. The van der Waals surface area contributed by atoms with Crippen molar-refractivity contribution in [2.75, 3.05) is 20.3 Å². The number of fused-ring (bicyclic) bond motifs is 1. The summed E-state index contributed by atoms with van der Waals surface area (Å²) in [4.78, 5) is 17.4. The third kappa shape index (κ3) is 5.61. The Morgan fingerprint density at radius 1 is 1.09 bits per heavy atom. The van der Waals surface area contributed by atoms with Gasteiger partial charge in [-0.25, -0.2) is 9.97 Å². The van der Waals surface area contributed by atoms with Crippen LogP contribution in [-0.4, -0.2) is 56.5 Å². The van der Waals surface area contributed by atoms with E-state index in [1.54, 1.807) is 24.0 Å². The van der Waals surface area contributed by atoms with Crippen molar-refractivity contribution in [3.8, 4) is 17.1 Å². The molecule has 0 aliphatic rings. The Morgan fingerprint density at radius 3 is 2.56 bits per heavy atom. The molecule has 0 spiro atoms. The predicted molar refractivity (Wildman–Crippen MR) is 118 cm³/mol. The van der Waals surface area contributed by atoms with Crippen molar-refractivity contribution in [1.29, 1.82) is 0 Å². The lowest BCUT2D eigenvalue weighted by atomic mass is 10.1. The van der Waals surface area contributed by atoms with E-state index in [1.807, 2.05) is 38.1 Å². The van der Waals surface area contributed by atoms with Gasteiger partial charge in [-0.1, -0.05) is 18.2 Å². The largest absolute Gasteiger partial charge is 0.488 e. The van der Waals surface area contributed by atoms with E-state index in [0.29, 0.717) is 31.2 Å².